The number of fused-ring (bicyclic) bond motifs is 1. The predicted molar refractivity (Wildman–Crippen MR) is 108 cm³/mol. The number of hydrogen-bond acceptors (Lipinski definition) is 5. The molecule has 0 bridgehead atoms. The van der Waals surface area contributed by atoms with Crippen LogP contribution in [0.5, 0.6) is 11.5 Å². The van der Waals surface area contributed by atoms with Gasteiger partial charge in [0.25, 0.3) is 0 Å². The molecule has 0 unspecified atom stereocenters. The van der Waals surface area contributed by atoms with Crippen LogP contribution in [0.2, 0.25) is 5.02 Å². The molecular formula is C19H21ClN2O5S. The summed E-state index contributed by atoms with van der Waals surface area (Å²) >= 11 is 5.97. The zero-order valence-corrected chi connectivity index (χ0v) is 17.0. The topological polar surface area (TPSA) is 84.9 Å². The number of rotatable bonds is 6. The smallest absolute Gasteiger partial charge is 0.243 e. The van der Waals surface area contributed by atoms with Crippen LogP contribution in [0.3, 0.4) is 0 Å². The number of hydrogen-bond donors (Lipinski definition) is 1. The van der Waals surface area contributed by atoms with E-state index in [-0.39, 0.29) is 19.3 Å². The summed E-state index contributed by atoms with van der Waals surface area (Å²) in [6.45, 7) is 1.99. The molecule has 9 heteroatoms. The molecule has 0 aromatic heterocycles. The van der Waals surface area contributed by atoms with Crippen LogP contribution in [-0.4, -0.2) is 45.9 Å². The molecule has 0 spiro atoms. The fourth-order valence-electron chi connectivity index (χ4n) is 2.95. The van der Waals surface area contributed by atoms with Crippen molar-refractivity contribution in [3.05, 3.63) is 53.6 Å². The third kappa shape index (κ3) is 4.69. The number of carbonyl (C=O) groups is 1. The highest BCUT2D eigenvalue weighted by atomic mass is 35.5. The second kappa shape index (κ2) is 8.28. The van der Waals surface area contributed by atoms with E-state index in [0.717, 1.165) is 10.6 Å². The molecule has 28 heavy (non-hydrogen) atoms. The lowest BCUT2D eigenvalue weighted by atomic mass is 10.2. The standard InChI is InChI=1S/C19H21ClN2O5S/c1-13(22(28(2,24)25)15-7-5-6-14(20)10-15)19(23)21-11-16-12-26-17-8-3-4-9-18(17)27-16/h3-10,13,16H,11-12H2,1-2H3,(H,21,23)/t13-,16+/m1/s1. The molecule has 0 radical (unpaired) electrons. The van der Waals surface area contributed by atoms with E-state index >= 15 is 0 Å². The van der Waals surface area contributed by atoms with Crippen LogP contribution in [0, 0.1) is 0 Å². The highest BCUT2D eigenvalue weighted by Gasteiger charge is 2.30. The number of halogens is 1. The SMILES string of the molecule is C[C@H](C(=O)NC[C@H]1COc2ccccc2O1)N(c1cccc(Cl)c1)S(C)(=O)=O. The van der Waals surface area contributed by atoms with E-state index in [1.165, 1.54) is 13.0 Å². The van der Waals surface area contributed by atoms with Gasteiger partial charge < -0.3 is 14.8 Å². The zero-order chi connectivity index (χ0) is 20.3. The summed E-state index contributed by atoms with van der Waals surface area (Å²) in [5.74, 6) is 0.813. The Bertz CT molecular complexity index is 966. The predicted octanol–water partition coefficient (Wildman–Crippen LogP) is 2.45. The van der Waals surface area contributed by atoms with E-state index in [0.29, 0.717) is 22.2 Å². The summed E-state index contributed by atoms with van der Waals surface area (Å²) in [6, 6.07) is 12.7. The van der Waals surface area contributed by atoms with Crippen LogP contribution in [-0.2, 0) is 14.8 Å². The van der Waals surface area contributed by atoms with Crippen LogP contribution in [0.4, 0.5) is 5.69 Å². The molecule has 2 atom stereocenters. The Balaban J connectivity index is 1.67. The van der Waals surface area contributed by atoms with E-state index in [4.69, 9.17) is 21.1 Å². The first kappa shape index (κ1) is 20.3. The molecule has 0 fully saturated rings. The van der Waals surface area contributed by atoms with Gasteiger partial charge in [-0.1, -0.05) is 29.8 Å². The van der Waals surface area contributed by atoms with E-state index < -0.39 is 22.0 Å². The molecule has 1 aliphatic rings. The van der Waals surface area contributed by atoms with E-state index in [2.05, 4.69) is 5.32 Å². The first-order valence-corrected chi connectivity index (χ1v) is 10.9. The number of benzene rings is 2. The van der Waals surface area contributed by atoms with E-state index in [9.17, 15) is 13.2 Å². The highest BCUT2D eigenvalue weighted by molar-refractivity contribution is 7.92. The summed E-state index contributed by atoms with van der Waals surface area (Å²) in [5.41, 5.74) is 0.323. The second-order valence-electron chi connectivity index (χ2n) is 6.46. The van der Waals surface area contributed by atoms with Gasteiger partial charge in [-0.05, 0) is 37.3 Å². The quantitative estimate of drug-likeness (QED) is 0.769. The Labute approximate surface area is 169 Å². The van der Waals surface area contributed by atoms with Crippen LogP contribution in [0.1, 0.15) is 6.92 Å². The molecule has 0 saturated heterocycles. The van der Waals surface area contributed by atoms with Gasteiger partial charge in [0.05, 0.1) is 18.5 Å². The van der Waals surface area contributed by atoms with Crippen molar-refractivity contribution in [2.75, 3.05) is 23.7 Å². The van der Waals surface area contributed by atoms with Gasteiger partial charge >= 0.3 is 0 Å². The van der Waals surface area contributed by atoms with Crippen LogP contribution < -0.4 is 19.1 Å². The average molecular weight is 425 g/mol. The number of amides is 1. The lowest BCUT2D eigenvalue weighted by molar-refractivity contribution is -0.122. The fourth-order valence-corrected chi connectivity index (χ4v) is 4.30. The molecule has 7 nitrogen and oxygen atoms in total. The lowest BCUT2D eigenvalue weighted by Crippen LogP contribution is -2.50. The number of anilines is 1. The van der Waals surface area contributed by atoms with Crippen molar-refractivity contribution in [1.82, 2.24) is 5.32 Å². The monoisotopic (exact) mass is 424 g/mol. The maximum absolute atomic E-state index is 12.6. The second-order valence-corrected chi connectivity index (χ2v) is 8.75. The van der Waals surface area contributed by atoms with Crippen molar-refractivity contribution in [3.8, 4) is 11.5 Å². The molecule has 0 aliphatic carbocycles. The van der Waals surface area contributed by atoms with Crippen molar-refractivity contribution < 1.29 is 22.7 Å². The minimum absolute atomic E-state index is 0.185. The Morgan fingerprint density at radius 2 is 1.96 bits per heavy atom. The van der Waals surface area contributed by atoms with Gasteiger partial charge in [0.2, 0.25) is 15.9 Å². The van der Waals surface area contributed by atoms with E-state index in [1.807, 2.05) is 12.1 Å². The van der Waals surface area contributed by atoms with Crippen molar-refractivity contribution in [2.24, 2.45) is 0 Å². The summed E-state index contributed by atoms with van der Waals surface area (Å²) < 4.78 is 37.0. The van der Waals surface area contributed by atoms with Gasteiger partial charge in [-0.3, -0.25) is 9.10 Å². The Morgan fingerprint density at radius 3 is 2.64 bits per heavy atom. The number of carbonyl (C=O) groups excluding carboxylic acids is 1. The normalized spacial score (nSPS) is 16.9. The minimum Gasteiger partial charge on any atom is -0.486 e. The van der Waals surface area contributed by atoms with Gasteiger partial charge in [-0.25, -0.2) is 8.42 Å². The molecule has 0 saturated carbocycles. The largest absolute Gasteiger partial charge is 0.486 e. The molecule has 1 amide bonds. The number of para-hydroxylation sites is 2. The van der Waals surface area contributed by atoms with Crippen molar-refractivity contribution >= 4 is 33.2 Å². The van der Waals surface area contributed by atoms with Gasteiger partial charge in [0, 0.05) is 5.02 Å². The first-order chi connectivity index (χ1) is 13.3. The molecule has 1 N–H and O–H groups in total. The molecular weight excluding hydrogens is 404 g/mol. The van der Waals surface area contributed by atoms with Crippen molar-refractivity contribution in [3.63, 3.8) is 0 Å². The average Bonchev–Trinajstić information content (AvgIpc) is 2.65. The molecule has 2 aromatic rings. The maximum atomic E-state index is 12.6. The van der Waals surface area contributed by atoms with Crippen molar-refractivity contribution in [2.45, 2.75) is 19.1 Å². The molecule has 150 valence electrons. The summed E-state index contributed by atoms with van der Waals surface area (Å²) in [6.07, 6.45) is 0.677. The minimum atomic E-state index is -3.70. The van der Waals surface area contributed by atoms with E-state index in [1.54, 1.807) is 30.3 Å². The maximum Gasteiger partial charge on any atom is 0.243 e. The van der Waals surface area contributed by atoms with Crippen LogP contribution >= 0.6 is 11.6 Å². The number of nitrogens with one attached hydrogen (secondary N) is 1. The van der Waals surface area contributed by atoms with Gasteiger partial charge in [-0.15, -0.1) is 0 Å². The number of sulfonamides is 1. The van der Waals surface area contributed by atoms with Crippen LogP contribution in [0.15, 0.2) is 48.5 Å². The fraction of sp³-hybridized carbons (Fsp3) is 0.316. The first-order valence-electron chi connectivity index (χ1n) is 8.67. The highest BCUT2D eigenvalue weighted by Crippen LogP contribution is 2.30. The molecule has 2 aromatic carbocycles. The molecule has 3 rings (SSSR count). The Kier molecular flexibility index (Phi) is 6.00. The number of ether oxygens (including phenoxy) is 2. The molecule has 1 aliphatic heterocycles. The third-order valence-electron chi connectivity index (χ3n) is 4.22. The zero-order valence-electron chi connectivity index (χ0n) is 15.5. The van der Waals surface area contributed by atoms with Crippen LogP contribution in [0.25, 0.3) is 0 Å². The summed E-state index contributed by atoms with van der Waals surface area (Å²) in [5, 5.41) is 3.12. The number of nitrogens with zero attached hydrogens (tertiary/aromatic N) is 1. The lowest BCUT2D eigenvalue weighted by Gasteiger charge is -2.30. The Morgan fingerprint density at radius 1 is 1.25 bits per heavy atom. The summed E-state index contributed by atoms with van der Waals surface area (Å²) in [4.78, 5) is 12.6. The van der Waals surface area contributed by atoms with Gasteiger partial charge in [-0.2, -0.15) is 0 Å². The summed E-state index contributed by atoms with van der Waals surface area (Å²) in [7, 11) is -3.70. The van der Waals surface area contributed by atoms with Crippen molar-refractivity contribution in [1.29, 1.82) is 0 Å². The Hall–Kier alpha value is -2.45. The van der Waals surface area contributed by atoms with Gasteiger partial charge in [0.1, 0.15) is 18.8 Å². The molecule has 1 heterocycles. The van der Waals surface area contributed by atoms with Gasteiger partial charge in [0.15, 0.2) is 11.5 Å². The third-order valence-corrected chi connectivity index (χ3v) is 5.70.